The molecule has 0 aliphatic heterocycles. The number of carboxylic acids is 4. The topological polar surface area (TPSA) is 317 Å². The summed E-state index contributed by atoms with van der Waals surface area (Å²) in [5, 5.41) is 73.1. The Balaban J connectivity index is 5.12. The maximum atomic E-state index is 11.6. The molecule has 0 bridgehead atoms. The smallest absolute Gasteiger partial charge is 0.346 e. The Morgan fingerprint density at radius 2 is 0.824 bits per heavy atom. The number of aliphatic carboxylic acids is 4. The van der Waals surface area contributed by atoms with E-state index in [9.17, 15) is 58.8 Å². The quantitative estimate of drug-likeness (QED) is 0.0871. The molecule has 0 aromatic heterocycles. The van der Waals surface area contributed by atoms with Crippen LogP contribution in [-0.2, 0) is 47.8 Å². The Morgan fingerprint density at radius 3 is 1.03 bits per heavy atom. The third-order valence-corrected chi connectivity index (χ3v) is 3.77. The summed E-state index contributed by atoms with van der Waals surface area (Å²) >= 11 is 0. The van der Waals surface area contributed by atoms with Gasteiger partial charge in [0.1, 0.15) is 0 Å². The van der Waals surface area contributed by atoms with Gasteiger partial charge in [0, 0.05) is 0 Å². The van der Waals surface area contributed by atoms with E-state index in [1.165, 1.54) is 0 Å². The zero-order valence-electron chi connectivity index (χ0n) is 16.6. The molecule has 4 unspecified atom stereocenters. The highest BCUT2D eigenvalue weighted by molar-refractivity contribution is 5.97. The highest BCUT2D eigenvalue weighted by Gasteiger charge is 2.44. The predicted octanol–water partition coefficient (Wildman–Crippen LogP) is -4.79. The number of ether oxygens (including phenoxy) is 2. The summed E-state index contributed by atoms with van der Waals surface area (Å²) in [5.74, 6) is -16.2. The summed E-state index contributed by atoms with van der Waals surface area (Å²) in [7, 11) is 0. The summed E-state index contributed by atoms with van der Waals surface area (Å²) in [4.78, 5) is 89.5. The third kappa shape index (κ3) is 8.86. The second-order valence-corrected chi connectivity index (χ2v) is 6.64. The van der Waals surface area contributed by atoms with Crippen LogP contribution in [0.2, 0.25) is 0 Å². The molecular weight excluding hydrogens is 480 g/mol. The summed E-state index contributed by atoms with van der Waals surface area (Å²) in [6.45, 7) is 0. The van der Waals surface area contributed by atoms with Crippen molar-refractivity contribution in [2.75, 3.05) is 0 Å². The fourth-order valence-electron chi connectivity index (χ4n) is 2.08. The van der Waals surface area contributed by atoms with Crippen LogP contribution in [-0.4, -0.2) is 112 Å². The molecule has 0 fully saturated rings. The normalized spacial score (nSPS) is 16.0. The molecule has 4 atom stereocenters. The van der Waals surface area contributed by atoms with Gasteiger partial charge in [0.25, 0.3) is 0 Å². The van der Waals surface area contributed by atoms with E-state index in [1.807, 2.05) is 0 Å². The van der Waals surface area contributed by atoms with Crippen LogP contribution in [0.4, 0.5) is 0 Å². The van der Waals surface area contributed by atoms with Gasteiger partial charge in [-0.1, -0.05) is 0 Å². The third-order valence-electron chi connectivity index (χ3n) is 3.77. The van der Waals surface area contributed by atoms with Gasteiger partial charge in [-0.15, -0.1) is 0 Å². The zero-order valence-corrected chi connectivity index (χ0v) is 16.6. The minimum absolute atomic E-state index is 1.50. The van der Waals surface area contributed by atoms with E-state index in [0.717, 1.165) is 0 Å². The molecule has 0 aliphatic carbocycles. The monoisotopic (exact) mass is 498 g/mol. The number of hydrogen-bond donors (Lipinski definition) is 8. The van der Waals surface area contributed by atoms with Crippen LogP contribution in [0.5, 0.6) is 0 Å². The lowest BCUT2D eigenvalue weighted by Crippen LogP contribution is -2.46. The van der Waals surface area contributed by atoms with E-state index < -0.39 is 96.8 Å². The molecule has 0 spiro atoms. The van der Waals surface area contributed by atoms with E-state index in [4.69, 9.17) is 20.4 Å². The van der Waals surface area contributed by atoms with Crippen molar-refractivity contribution in [1.82, 2.24) is 0 Å². The standard InChI is InChI=1S/C16H18O18/c17-5(18)1-15(31,13(27)28)3-7(21)33-11(25)9(23)10(24)12(26)34-8(22)4-16(32,14(29)30)2-6(19)20/h9-10,23-24,31-32H,1-4H2,(H,17,18)(H,19,20)(H,27,28)(H,29,30). The van der Waals surface area contributed by atoms with Crippen LogP contribution < -0.4 is 0 Å². The van der Waals surface area contributed by atoms with Gasteiger partial charge in [0.2, 0.25) is 0 Å². The first-order chi connectivity index (χ1) is 15.3. The Morgan fingerprint density at radius 1 is 0.559 bits per heavy atom. The summed E-state index contributed by atoms with van der Waals surface area (Å²) in [6, 6.07) is 0. The van der Waals surface area contributed by atoms with Crippen LogP contribution in [0.15, 0.2) is 0 Å². The minimum Gasteiger partial charge on any atom is -0.481 e. The van der Waals surface area contributed by atoms with Crippen molar-refractivity contribution < 1.29 is 88.7 Å². The van der Waals surface area contributed by atoms with Crippen molar-refractivity contribution in [2.45, 2.75) is 49.1 Å². The van der Waals surface area contributed by atoms with E-state index >= 15 is 0 Å². The van der Waals surface area contributed by atoms with Crippen LogP contribution >= 0.6 is 0 Å². The number of carbonyl (C=O) groups excluding carboxylic acids is 4. The molecule has 18 heteroatoms. The molecule has 34 heavy (non-hydrogen) atoms. The molecule has 0 radical (unpaired) electrons. The zero-order chi connectivity index (χ0) is 27.0. The van der Waals surface area contributed by atoms with Crippen molar-refractivity contribution >= 4 is 47.8 Å². The molecule has 0 rings (SSSR count). The average molecular weight is 498 g/mol. The van der Waals surface area contributed by atoms with Crippen LogP contribution in [0.3, 0.4) is 0 Å². The average Bonchev–Trinajstić information content (AvgIpc) is 2.64. The van der Waals surface area contributed by atoms with E-state index in [2.05, 4.69) is 9.47 Å². The molecular formula is C16H18O18. The maximum Gasteiger partial charge on any atom is 0.346 e. The first-order valence-corrected chi connectivity index (χ1v) is 8.55. The number of carbonyl (C=O) groups is 8. The van der Waals surface area contributed by atoms with E-state index in [-0.39, 0.29) is 0 Å². The molecule has 8 N–H and O–H groups in total. The number of aliphatic hydroxyl groups is 4. The lowest BCUT2D eigenvalue weighted by Gasteiger charge is -2.21. The number of esters is 4. The van der Waals surface area contributed by atoms with Gasteiger partial charge in [0.05, 0.1) is 25.7 Å². The molecule has 0 amide bonds. The van der Waals surface area contributed by atoms with Crippen LogP contribution in [0, 0.1) is 0 Å². The summed E-state index contributed by atoms with van der Waals surface area (Å²) < 4.78 is 7.78. The molecule has 0 aromatic carbocycles. The lowest BCUT2D eigenvalue weighted by atomic mass is 9.96. The molecule has 18 nitrogen and oxygen atoms in total. The molecule has 0 aromatic rings. The van der Waals surface area contributed by atoms with E-state index in [0.29, 0.717) is 0 Å². The van der Waals surface area contributed by atoms with Gasteiger partial charge >= 0.3 is 47.8 Å². The van der Waals surface area contributed by atoms with Crippen LogP contribution in [0.25, 0.3) is 0 Å². The van der Waals surface area contributed by atoms with Gasteiger partial charge in [-0.25, -0.2) is 19.2 Å². The summed E-state index contributed by atoms with van der Waals surface area (Å²) in [6.07, 6.45) is -12.2. The lowest BCUT2D eigenvalue weighted by molar-refractivity contribution is -0.186. The maximum absolute atomic E-state index is 11.6. The Hall–Kier alpha value is -4.00. The molecule has 190 valence electrons. The highest BCUT2D eigenvalue weighted by Crippen LogP contribution is 2.19. The molecule has 0 aliphatic rings. The molecule has 0 saturated carbocycles. The first kappa shape index (κ1) is 30.0. The predicted molar refractivity (Wildman–Crippen MR) is 93.1 cm³/mol. The number of aliphatic hydroxyl groups excluding tert-OH is 2. The van der Waals surface area contributed by atoms with Gasteiger partial charge in [-0.3, -0.25) is 19.2 Å². The summed E-state index contributed by atoms with van der Waals surface area (Å²) in [5.41, 5.74) is -6.45. The van der Waals surface area contributed by atoms with Crippen LogP contribution in [0.1, 0.15) is 25.7 Å². The Labute approximate surface area is 186 Å². The van der Waals surface area contributed by atoms with Gasteiger partial charge < -0.3 is 50.3 Å². The number of rotatable bonds is 13. The molecule has 0 saturated heterocycles. The van der Waals surface area contributed by atoms with Crippen molar-refractivity contribution in [3.05, 3.63) is 0 Å². The van der Waals surface area contributed by atoms with Crippen molar-refractivity contribution in [1.29, 1.82) is 0 Å². The second kappa shape index (κ2) is 11.7. The highest BCUT2D eigenvalue weighted by atomic mass is 16.6. The minimum atomic E-state index is -3.23. The van der Waals surface area contributed by atoms with Gasteiger partial charge in [0.15, 0.2) is 23.4 Å². The van der Waals surface area contributed by atoms with Gasteiger partial charge in [-0.2, -0.15) is 0 Å². The Kier molecular flexibility index (Phi) is 10.4. The van der Waals surface area contributed by atoms with Gasteiger partial charge in [-0.05, 0) is 0 Å². The number of carboxylic acid groups (broad SMARTS) is 4. The fraction of sp³-hybridized carbons (Fsp3) is 0.500. The Bertz CT molecular complexity index is 818. The van der Waals surface area contributed by atoms with E-state index in [1.54, 1.807) is 0 Å². The SMILES string of the molecule is O=C(O)CC(O)(CC(=O)OC(=O)C(O)C(O)C(=O)OC(=O)CC(O)(CC(=O)O)C(=O)O)C(=O)O. The first-order valence-electron chi connectivity index (χ1n) is 8.55. The largest absolute Gasteiger partial charge is 0.481 e. The second-order valence-electron chi connectivity index (χ2n) is 6.64. The van der Waals surface area contributed by atoms with Crippen molar-refractivity contribution in [3.63, 3.8) is 0 Å². The molecule has 0 heterocycles. The van der Waals surface area contributed by atoms with Crippen molar-refractivity contribution in [2.24, 2.45) is 0 Å². The van der Waals surface area contributed by atoms with Crippen molar-refractivity contribution in [3.8, 4) is 0 Å². The fourth-order valence-corrected chi connectivity index (χ4v) is 2.08. The number of hydrogen-bond acceptors (Lipinski definition) is 14.